The summed E-state index contributed by atoms with van der Waals surface area (Å²) in [5.41, 5.74) is 5.95. The maximum Gasteiger partial charge on any atom is 0.203 e. The number of fused-ring (bicyclic) bond motifs is 1. The zero-order valence-electron chi connectivity index (χ0n) is 25.3. The molecule has 0 spiro atoms. The van der Waals surface area contributed by atoms with Gasteiger partial charge in [0.15, 0.2) is 5.78 Å². The summed E-state index contributed by atoms with van der Waals surface area (Å²) in [6.45, 7) is 19.5. The quantitative estimate of drug-likeness (QED) is 0.226. The number of hydrogen-bond acceptors (Lipinski definition) is 3. The van der Waals surface area contributed by atoms with Crippen LogP contribution in [0.15, 0.2) is 60.7 Å². The van der Waals surface area contributed by atoms with Crippen LogP contribution in [0, 0.1) is 5.41 Å². The van der Waals surface area contributed by atoms with Gasteiger partial charge in [0.25, 0.3) is 0 Å². The van der Waals surface area contributed by atoms with E-state index in [1.807, 2.05) is 82.5 Å². The standard InChI is InChI=1S/C34H43N3O2.BrH/c1-32(2,3)24-16-14-22(15-17-24)20-36-27-12-10-11-13-28(27)37(31(36)35)21-29(38)23-18-25(33(4,5)6)30(39)26(19-23)34(7,8)9;/h10-19,35,39H,20-21H2,1-9H3;1H. The summed E-state index contributed by atoms with van der Waals surface area (Å²) in [6.07, 6.45) is 0. The first-order valence-electron chi connectivity index (χ1n) is 13.7. The molecular formula is C34H44BrN3O2. The number of phenolic OH excluding ortho intramolecular Hbond substituents is 1. The lowest BCUT2D eigenvalue weighted by Crippen LogP contribution is -2.28. The lowest BCUT2D eigenvalue weighted by atomic mass is 9.78. The SMILES string of the molecule is Br.CC(C)(C)c1ccc(Cn2c(=N)n(CC(=O)c3cc(C(C)(C)C)c(O)c(C(C)(C)C)c3)c3ccccc32)cc1. The Hall–Kier alpha value is -3.12. The predicted octanol–water partition coefficient (Wildman–Crippen LogP) is 8.03. The van der Waals surface area contributed by atoms with Crippen LogP contribution in [0.25, 0.3) is 11.0 Å². The Morgan fingerprint density at radius 1 is 0.750 bits per heavy atom. The number of benzene rings is 3. The summed E-state index contributed by atoms with van der Waals surface area (Å²) in [4.78, 5) is 13.8. The summed E-state index contributed by atoms with van der Waals surface area (Å²) < 4.78 is 3.76. The zero-order chi connectivity index (χ0) is 28.9. The molecular weight excluding hydrogens is 562 g/mol. The highest BCUT2D eigenvalue weighted by Gasteiger charge is 2.28. The van der Waals surface area contributed by atoms with Gasteiger partial charge in [0.1, 0.15) is 5.75 Å². The molecule has 1 heterocycles. The third-order valence-electron chi connectivity index (χ3n) is 7.48. The fourth-order valence-corrected chi connectivity index (χ4v) is 5.08. The van der Waals surface area contributed by atoms with Gasteiger partial charge in [0.2, 0.25) is 5.62 Å². The fourth-order valence-electron chi connectivity index (χ4n) is 5.08. The molecule has 4 aromatic rings. The number of nitrogens with one attached hydrogen (secondary N) is 1. The Kier molecular flexibility index (Phi) is 8.67. The van der Waals surface area contributed by atoms with Crippen molar-refractivity contribution >= 4 is 33.8 Å². The van der Waals surface area contributed by atoms with Crippen LogP contribution in [-0.4, -0.2) is 20.0 Å². The van der Waals surface area contributed by atoms with Gasteiger partial charge in [0, 0.05) is 16.7 Å². The van der Waals surface area contributed by atoms with Gasteiger partial charge in [-0.3, -0.25) is 10.2 Å². The molecule has 1 aromatic heterocycles. The molecule has 0 bridgehead atoms. The second-order valence-corrected chi connectivity index (χ2v) is 13.8. The van der Waals surface area contributed by atoms with Crippen molar-refractivity contribution in [3.8, 4) is 5.75 Å². The number of phenols is 1. The largest absolute Gasteiger partial charge is 0.507 e. The van der Waals surface area contributed by atoms with E-state index in [0.29, 0.717) is 12.1 Å². The second-order valence-electron chi connectivity index (χ2n) is 13.8. The van der Waals surface area contributed by atoms with Crippen LogP contribution >= 0.6 is 17.0 Å². The second kappa shape index (κ2) is 11.0. The number of hydrogen-bond donors (Lipinski definition) is 2. The summed E-state index contributed by atoms with van der Waals surface area (Å²) >= 11 is 0. The zero-order valence-corrected chi connectivity index (χ0v) is 27.1. The first-order chi connectivity index (χ1) is 18.0. The summed E-state index contributed by atoms with van der Waals surface area (Å²) in [5.74, 6) is 0.177. The van der Waals surface area contributed by atoms with Crippen LogP contribution in [0.5, 0.6) is 5.75 Å². The minimum absolute atomic E-state index is 0. The molecule has 0 aliphatic heterocycles. The van der Waals surface area contributed by atoms with Crippen LogP contribution in [0.1, 0.15) is 94.9 Å². The molecule has 0 unspecified atom stereocenters. The Bertz CT molecular complexity index is 1550. The molecule has 3 aromatic carbocycles. The summed E-state index contributed by atoms with van der Waals surface area (Å²) in [5, 5.41) is 20.2. The van der Waals surface area contributed by atoms with Gasteiger partial charge in [-0.05, 0) is 51.6 Å². The maximum absolute atomic E-state index is 13.8. The summed E-state index contributed by atoms with van der Waals surface area (Å²) in [6, 6.07) is 20.1. The molecule has 0 amide bonds. The Labute approximate surface area is 249 Å². The number of carbonyl (C=O) groups excluding carboxylic acids is 1. The first kappa shape index (κ1) is 31.4. The Morgan fingerprint density at radius 2 is 1.23 bits per heavy atom. The lowest BCUT2D eigenvalue weighted by molar-refractivity contribution is 0.0971. The molecule has 214 valence electrons. The van der Waals surface area contributed by atoms with E-state index < -0.39 is 0 Å². The molecule has 4 rings (SSSR count). The van der Waals surface area contributed by atoms with Crippen molar-refractivity contribution in [3.63, 3.8) is 0 Å². The van der Waals surface area contributed by atoms with Gasteiger partial charge in [-0.2, -0.15) is 0 Å². The van der Waals surface area contributed by atoms with E-state index in [1.165, 1.54) is 5.56 Å². The number of carbonyl (C=O) groups is 1. The minimum atomic E-state index is -0.327. The van der Waals surface area contributed by atoms with Crippen LogP contribution in [0.4, 0.5) is 0 Å². The van der Waals surface area contributed by atoms with Crippen molar-refractivity contribution in [2.45, 2.75) is 91.6 Å². The number of nitrogens with zero attached hydrogens (tertiary/aromatic N) is 2. The fraction of sp³-hybridized carbons (Fsp3) is 0.412. The monoisotopic (exact) mass is 605 g/mol. The molecule has 5 nitrogen and oxygen atoms in total. The molecule has 0 aliphatic carbocycles. The first-order valence-corrected chi connectivity index (χ1v) is 13.7. The predicted molar refractivity (Wildman–Crippen MR) is 170 cm³/mol. The molecule has 0 saturated carbocycles. The molecule has 40 heavy (non-hydrogen) atoms. The topological polar surface area (TPSA) is 71.0 Å². The van der Waals surface area contributed by atoms with Crippen molar-refractivity contribution in [2.24, 2.45) is 0 Å². The van der Waals surface area contributed by atoms with E-state index in [2.05, 4.69) is 45.0 Å². The Morgan fingerprint density at radius 3 is 1.68 bits per heavy atom. The van der Waals surface area contributed by atoms with Gasteiger partial charge in [-0.1, -0.05) is 98.7 Å². The smallest absolute Gasteiger partial charge is 0.203 e. The lowest BCUT2D eigenvalue weighted by Gasteiger charge is -2.28. The van der Waals surface area contributed by atoms with Crippen LogP contribution in [-0.2, 0) is 29.3 Å². The van der Waals surface area contributed by atoms with Gasteiger partial charge in [-0.25, -0.2) is 0 Å². The highest BCUT2D eigenvalue weighted by Crippen LogP contribution is 2.40. The van der Waals surface area contributed by atoms with Gasteiger partial charge < -0.3 is 14.2 Å². The summed E-state index contributed by atoms with van der Waals surface area (Å²) in [7, 11) is 0. The van der Waals surface area contributed by atoms with Crippen LogP contribution in [0.2, 0.25) is 0 Å². The number of halogens is 1. The number of para-hydroxylation sites is 2. The van der Waals surface area contributed by atoms with Gasteiger partial charge in [-0.15, -0.1) is 17.0 Å². The molecule has 2 N–H and O–H groups in total. The van der Waals surface area contributed by atoms with Crippen LogP contribution in [0.3, 0.4) is 0 Å². The van der Waals surface area contributed by atoms with Crippen LogP contribution < -0.4 is 5.62 Å². The minimum Gasteiger partial charge on any atom is -0.507 e. The van der Waals surface area contributed by atoms with Crippen molar-refractivity contribution in [1.29, 1.82) is 5.41 Å². The van der Waals surface area contributed by atoms with Crippen molar-refractivity contribution in [1.82, 2.24) is 9.13 Å². The van der Waals surface area contributed by atoms with E-state index in [9.17, 15) is 9.90 Å². The van der Waals surface area contributed by atoms with Gasteiger partial charge >= 0.3 is 0 Å². The van der Waals surface area contributed by atoms with E-state index >= 15 is 0 Å². The average molecular weight is 607 g/mol. The molecule has 0 radical (unpaired) electrons. The maximum atomic E-state index is 13.8. The molecule has 0 aliphatic rings. The Balaban J connectivity index is 0.00000441. The highest BCUT2D eigenvalue weighted by atomic mass is 79.9. The molecule has 0 atom stereocenters. The van der Waals surface area contributed by atoms with Crippen molar-refractivity contribution in [3.05, 3.63) is 94.1 Å². The van der Waals surface area contributed by atoms with E-state index in [0.717, 1.165) is 27.7 Å². The molecule has 0 saturated heterocycles. The highest BCUT2D eigenvalue weighted by molar-refractivity contribution is 8.93. The number of Topliss-reactive ketones (excluding diaryl/α,β-unsaturated/α-hetero) is 1. The molecule has 0 fully saturated rings. The van der Waals surface area contributed by atoms with Crippen molar-refractivity contribution in [2.75, 3.05) is 0 Å². The number of ketones is 1. The number of aromatic nitrogens is 2. The normalized spacial score (nSPS) is 12.4. The van der Waals surface area contributed by atoms with E-state index in [-0.39, 0.29) is 56.9 Å². The average Bonchev–Trinajstić information content (AvgIpc) is 3.08. The van der Waals surface area contributed by atoms with Crippen molar-refractivity contribution < 1.29 is 9.90 Å². The molecule has 6 heteroatoms. The van der Waals surface area contributed by atoms with Gasteiger partial charge in [0.05, 0.1) is 24.1 Å². The third kappa shape index (κ3) is 6.27. The van der Waals surface area contributed by atoms with E-state index in [4.69, 9.17) is 5.41 Å². The number of aromatic hydroxyl groups is 1. The van der Waals surface area contributed by atoms with E-state index in [1.54, 1.807) is 4.57 Å². The third-order valence-corrected chi connectivity index (χ3v) is 7.48. The number of imidazole rings is 1. The number of rotatable bonds is 5.